The molecule has 2 heterocycles. The van der Waals surface area contributed by atoms with E-state index in [0.29, 0.717) is 31.1 Å². The van der Waals surface area contributed by atoms with E-state index in [-0.39, 0.29) is 5.91 Å². The van der Waals surface area contributed by atoms with Crippen LogP contribution in [0.2, 0.25) is 0 Å². The minimum absolute atomic E-state index is 0.214. The Bertz CT molecular complexity index is 973. The summed E-state index contributed by atoms with van der Waals surface area (Å²) in [5.41, 5.74) is 3.18. The standard InChI is InChI=1S/C24H29N3O3/c1-3-30-21-10-8-17(16-22(21)29-2)9-11-23(28)27-14-12-18(13-15-27)24-25-19-6-4-5-7-20(19)26-24/h4-8,10,16,18H,3,9,11-15H2,1-2H3,(H,25,26). The van der Waals surface area contributed by atoms with Gasteiger partial charge in [-0.15, -0.1) is 0 Å². The normalized spacial score (nSPS) is 14.8. The number of aryl methyl sites for hydroxylation is 1. The Morgan fingerprint density at radius 3 is 2.70 bits per heavy atom. The lowest BCUT2D eigenvalue weighted by atomic mass is 9.95. The van der Waals surface area contributed by atoms with Gasteiger partial charge in [-0.25, -0.2) is 4.98 Å². The van der Waals surface area contributed by atoms with Crippen molar-refractivity contribution in [3.05, 3.63) is 53.9 Å². The number of para-hydroxylation sites is 2. The summed E-state index contributed by atoms with van der Waals surface area (Å²) in [5, 5.41) is 0. The van der Waals surface area contributed by atoms with Gasteiger partial charge < -0.3 is 19.4 Å². The van der Waals surface area contributed by atoms with Crippen molar-refractivity contribution in [2.45, 2.75) is 38.5 Å². The van der Waals surface area contributed by atoms with Crippen molar-refractivity contribution in [1.29, 1.82) is 0 Å². The molecule has 4 rings (SSSR count). The Morgan fingerprint density at radius 1 is 1.17 bits per heavy atom. The number of nitrogens with zero attached hydrogens (tertiary/aromatic N) is 2. The predicted octanol–water partition coefficient (Wildman–Crippen LogP) is 4.31. The summed E-state index contributed by atoms with van der Waals surface area (Å²) in [6.07, 6.45) is 3.10. The Hall–Kier alpha value is -3.02. The fourth-order valence-electron chi connectivity index (χ4n) is 4.12. The predicted molar refractivity (Wildman–Crippen MR) is 117 cm³/mol. The second kappa shape index (κ2) is 9.20. The van der Waals surface area contributed by atoms with Gasteiger partial charge in [-0.2, -0.15) is 0 Å². The molecule has 0 unspecified atom stereocenters. The summed E-state index contributed by atoms with van der Waals surface area (Å²) in [4.78, 5) is 22.9. The third kappa shape index (κ3) is 4.42. The molecule has 0 saturated carbocycles. The van der Waals surface area contributed by atoms with Gasteiger partial charge in [-0.1, -0.05) is 18.2 Å². The van der Waals surface area contributed by atoms with Gasteiger partial charge in [-0.05, 0) is 56.0 Å². The first-order valence-corrected chi connectivity index (χ1v) is 10.7. The van der Waals surface area contributed by atoms with Gasteiger partial charge in [0.15, 0.2) is 11.5 Å². The van der Waals surface area contributed by atoms with Crippen LogP contribution in [0.1, 0.15) is 43.5 Å². The number of hydrogen-bond donors (Lipinski definition) is 1. The number of benzene rings is 2. The number of nitrogens with one attached hydrogen (secondary N) is 1. The second-order valence-corrected chi connectivity index (χ2v) is 7.71. The van der Waals surface area contributed by atoms with Crippen LogP contribution in [0.4, 0.5) is 0 Å². The molecule has 1 N–H and O–H groups in total. The number of H-pyrrole nitrogens is 1. The Morgan fingerprint density at radius 2 is 1.97 bits per heavy atom. The fourth-order valence-corrected chi connectivity index (χ4v) is 4.12. The summed E-state index contributed by atoms with van der Waals surface area (Å²) < 4.78 is 11.0. The number of rotatable bonds is 7. The first-order chi connectivity index (χ1) is 14.7. The third-order valence-corrected chi connectivity index (χ3v) is 5.80. The number of carbonyl (C=O) groups is 1. The number of amides is 1. The molecule has 3 aromatic rings. The second-order valence-electron chi connectivity index (χ2n) is 7.71. The zero-order valence-electron chi connectivity index (χ0n) is 17.7. The van der Waals surface area contributed by atoms with E-state index in [4.69, 9.17) is 14.5 Å². The van der Waals surface area contributed by atoms with Gasteiger partial charge in [0.2, 0.25) is 5.91 Å². The molecule has 1 aromatic heterocycles. The van der Waals surface area contributed by atoms with Gasteiger partial charge in [0, 0.05) is 25.4 Å². The van der Waals surface area contributed by atoms with E-state index in [1.165, 1.54) is 0 Å². The zero-order valence-corrected chi connectivity index (χ0v) is 17.7. The fraction of sp³-hybridized carbons (Fsp3) is 0.417. The van der Waals surface area contributed by atoms with E-state index < -0.39 is 0 Å². The number of piperidine rings is 1. The molecule has 6 heteroatoms. The summed E-state index contributed by atoms with van der Waals surface area (Å²) in [7, 11) is 1.64. The molecule has 30 heavy (non-hydrogen) atoms. The molecule has 1 aliphatic heterocycles. The molecule has 2 aromatic carbocycles. The van der Waals surface area contributed by atoms with Crippen LogP contribution in [-0.4, -0.2) is 47.6 Å². The van der Waals surface area contributed by atoms with Crippen LogP contribution < -0.4 is 9.47 Å². The van der Waals surface area contributed by atoms with E-state index >= 15 is 0 Å². The molecule has 0 atom stereocenters. The summed E-state index contributed by atoms with van der Waals surface area (Å²) in [6, 6.07) is 14.0. The average molecular weight is 408 g/mol. The highest BCUT2D eigenvalue weighted by molar-refractivity contribution is 5.77. The summed E-state index contributed by atoms with van der Waals surface area (Å²) in [5.74, 6) is 3.10. The zero-order chi connectivity index (χ0) is 20.9. The molecule has 1 fully saturated rings. The molecular formula is C24H29N3O3. The number of likely N-dealkylation sites (tertiary alicyclic amines) is 1. The number of aromatic amines is 1. The lowest BCUT2D eigenvalue weighted by Gasteiger charge is -2.31. The number of aromatic nitrogens is 2. The number of carbonyl (C=O) groups excluding carboxylic acids is 1. The maximum atomic E-state index is 12.7. The van der Waals surface area contributed by atoms with Crippen LogP contribution in [0.5, 0.6) is 11.5 Å². The van der Waals surface area contributed by atoms with Crippen LogP contribution in [0.3, 0.4) is 0 Å². The first kappa shape index (κ1) is 20.3. The third-order valence-electron chi connectivity index (χ3n) is 5.80. The van der Waals surface area contributed by atoms with Crippen molar-refractivity contribution in [3.63, 3.8) is 0 Å². The average Bonchev–Trinajstić information content (AvgIpc) is 3.23. The lowest BCUT2D eigenvalue weighted by Crippen LogP contribution is -2.38. The van der Waals surface area contributed by atoms with E-state index in [9.17, 15) is 4.79 Å². The highest BCUT2D eigenvalue weighted by atomic mass is 16.5. The van der Waals surface area contributed by atoms with Crippen molar-refractivity contribution >= 4 is 16.9 Å². The van der Waals surface area contributed by atoms with Crippen LogP contribution in [-0.2, 0) is 11.2 Å². The van der Waals surface area contributed by atoms with Crippen LogP contribution in [0, 0.1) is 0 Å². The summed E-state index contributed by atoms with van der Waals surface area (Å²) in [6.45, 7) is 4.11. The quantitative estimate of drug-likeness (QED) is 0.634. The van der Waals surface area contributed by atoms with Crippen molar-refractivity contribution in [3.8, 4) is 11.5 Å². The molecule has 1 saturated heterocycles. The number of imidazole rings is 1. The number of methoxy groups -OCH3 is 1. The minimum atomic E-state index is 0.214. The number of fused-ring (bicyclic) bond motifs is 1. The van der Waals surface area contributed by atoms with Crippen molar-refractivity contribution in [2.75, 3.05) is 26.8 Å². The topological polar surface area (TPSA) is 67.5 Å². The van der Waals surface area contributed by atoms with E-state index in [1.54, 1.807) is 7.11 Å². The number of ether oxygens (including phenoxy) is 2. The van der Waals surface area contributed by atoms with Crippen molar-refractivity contribution in [2.24, 2.45) is 0 Å². The van der Waals surface area contributed by atoms with Crippen LogP contribution in [0.25, 0.3) is 11.0 Å². The molecule has 0 aliphatic carbocycles. The van der Waals surface area contributed by atoms with E-state index in [2.05, 4.69) is 11.1 Å². The summed E-state index contributed by atoms with van der Waals surface area (Å²) >= 11 is 0. The van der Waals surface area contributed by atoms with Gasteiger partial charge in [0.05, 0.1) is 24.8 Å². The number of hydrogen-bond acceptors (Lipinski definition) is 4. The highest BCUT2D eigenvalue weighted by Crippen LogP contribution is 2.30. The first-order valence-electron chi connectivity index (χ1n) is 10.7. The van der Waals surface area contributed by atoms with Crippen molar-refractivity contribution in [1.82, 2.24) is 14.9 Å². The Balaban J connectivity index is 1.30. The molecule has 0 radical (unpaired) electrons. The van der Waals surface area contributed by atoms with Crippen LogP contribution >= 0.6 is 0 Å². The van der Waals surface area contributed by atoms with Gasteiger partial charge >= 0.3 is 0 Å². The van der Waals surface area contributed by atoms with Crippen molar-refractivity contribution < 1.29 is 14.3 Å². The molecular weight excluding hydrogens is 378 g/mol. The molecule has 158 valence electrons. The van der Waals surface area contributed by atoms with E-state index in [1.807, 2.05) is 48.2 Å². The van der Waals surface area contributed by atoms with Gasteiger partial charge in [0.25, 0.3) is 0 Å². The molecule has 0 bridgehead atoms. The lowest BCUT2D eigenvalue weighted by molar-refractivity contribution is -0.132. The van der Waals surface area contributed by atoms with Gasteiger partial charge in [-0.3, -0.25) is 4.79 Å². The SMILES string of the molecule is CCOc1ccc(CCC(=O)N2CCC(c3nc4ccccc4[nH]3)CC2)cc1OC. The smallest absolute Gasteiger partial charge is 0.222 e. The Kier molecular flexibility index (Phi) is 6.21. The maximum Gasteiger partial charge on any atom is 0.222 e. The van der Waals surface area contributed by atoms with Gasteiger partial charge in [0.1, 0.15) is 5.82 Å². The highest BCUT2D eigenvalue weighted by Gasteiger charge is 2.25. The Labute approximate surface area is 177 Å². The molecule has 6 nitrogen and oxygen atoms in total. The monoisotopic (exact) mass is 407 g/mol. The van der Waals surface area contributed by atoms with E-state index in [0.717, 1.165) is 54.1 Å². The minimum Gasteiger partial charge on any atom is -0.493 e. The largest absolute Gasteiger partial charge is 0.493 e. The molecule has 0 spiro atoms. The maximum absolute atomic E-state index is 12.7. The molecule has 1 aliphatic rings. The van der Waals surface area contributed by atoms with Crippen LogP contribution in [0.15, 0.2) is 42.5 Å². The molecule has 1 amide bonds.